The summed E-state index contributed by atoms with van der Waals surface area (Å²) in [7, 11) is 0. The first-order chi connectivity index (χ1) is 10.3. The molecule has 0 bridgehead atoms. The van der Waals surface area contributed by atoms with Crippen molar-refractivity contribution in [3.8, 4) is 5.75 Å². The lowest BCUT2D eigenvalue weighted by atomic mass is 10.1. The van der Waals surface area contributed by atoms with Gasteiger partial charge in [-0.3, -0.25) is 9.59 Å². The number of aromatic nitrogens is 1. The minimum absolute atomic E-state index is 0.0481. The number of aliphatic hydroxyl groups excluding tert-OH is 1. The van der Waals surface area contributed by atoms with Crippen LogP contribution in [0.5, 0.6) is 5.75 Å². The lowest BCUT2D eigenvalue weighted by molar-refractivity contribution is -0.274. The maximum Gasteiger partial charge on any atom is 0.573 e. The number of H-pyrrole nitrogens is 1. The van der Waals surface area contributed by atoms with Crippen molar-refractivity contribution in [2.75, 3.05) is 13.2 Å². The van der Waals surface area contributed by atoms with E-state index >= 15 is 0 Å². The van der Waals surface area contributed by atoms with Gasteiger partial charge in [0.25, 0.3) is 5.91 Å². The van der Waals surface area contributed by atoms with E-state index in [0.29, 0.717) is 0 Å². The summed E-state index contributed by atoms with van der Waals surface area (Å²) in [6, 6.07) is 3.55. The summed E-state index contributed by atoms with van der Waals surface area (Å²) in [4.78, 5) is 26.4. The van der Waals surface area contributed by atoms with Crippen molar-refractivity contribution >= 4 is 16.8 Å². The van der Waals surface area contributed by atoms with Crippen LogP contribution in [-0.2, 0) is 0 Å². The molecular formula is C13H11F3N2O4. The van der Waals surface area contributed by atoms with Gasteiger partial charge in [0.1, 0.15) is 5.56 Å². The van der Waals surface area contributed by atoms with Gasteiger partial charge in [0.2, 0.25) is 5.43 Å². The van der Waals surface area contributed by atoms with Crippen molar-refractivity contribution in [1.82, 2.24) is 10.3 Å². The molecule has 2 rings (SSSR count). The second-order valence-electron chi connectivity index (χ2n) is 4.24. The van der Waals surface area contributed by atoms with Gasteiger partial charge in [-0.2, -0.15) is 0 Å². The van der Waals surface area contributed by atoms with Gasteiger partial charge < -0.3 is 20.1 Å². The van der Waals surface area contributed by atoms with E-state index < -0.39 is 23.4 Å². The number of nitrogens with one attached hydrogen (secondary N) is 2. The predicted octanol–water partition coefficient (Wildman–Crippen LogP) is 1.15. The molecule has 2 aromatic rings. The number of carbonyl (C=O) groups excluding carboxylic acids is 1. The van der Waals surface area contributed by atoms with Gasteiger partial charge in [-0.1, -0.05) is 6.07 Å². The zero-order valence-electron chi connectivity index (χ0n) is 11.0. The minimum Gasteiger partial charge on any atom is -0.404 e. The van der Waals surface area contributed by atoms with E-state index in [1.54, 1.807) is 0 Å². The third kappa shape index (κ3) is 3.37. The number of amides is 1. The average molecular weight is 316 g/mol. The van der Waals surface area contributed by atoms with Crippen molar-refractivity contribution in [3.05, 3.63) is 40.2 Å². The van der Waals surface area contributed by atoms with Gasteiger partial charge in [-0.25, -0.2) is 0 Å². The number of carbonyl (C=O) groups is 1. The number of para-hydroxylation sites is 1. The lowest BCUT2D eigenvalue weighted by Crippen LogP contribution is -2.31. The summed E-state index contributed by atoms with van der Waals surface area (Å²) < 4.78 is 40.8. The first-order valence-corrected chi connectivity index (χ1v) is 6.12. The highest BCUT2D eigenvalue weighted by Gasteiger charge is 2.32. The standard InChI is InChI=1S/C13H11F3N2O4/c14-13(15,16)22-9-3-1-2-7-10(9)18-6-8(11(7)20)12(21)17-4-5-19/h1-3,6,19H,4-5H2,(H,17,21)(H,18,20). The number of pyridine rings is 1. The Morgan fingerprint density at radius 1 is 1.36 bits per heavy atom. The molecule has 0 unspecified atom stereocenters. The van der Waals surface area contributed by atoms with Crippen LogP contribution in [-0.4, -0.2) is 35.5 Å². The zero-order valence-corrected chi connectivity index (χ0v) is 11.0. The highest BCUT2D eigenvalue weighted by molar-refractivity contribution is 5.97. The molecule has 118 valence electrons. The summed E-state index contributed by atoms with van der Waals surface area (Å²) in [6.07, 6.45) is -3.90. The maximum absolute atomic E-state index is 12.3. The van der Waals surface area contributed by atoms with Crippen molar-refractivity contribution < 1.29 is 27.8 Å². The van der Waals surface area contributed by atoms with E-state index in [1.165, 1.54) is 12.1 Å². The molecule has 9 heteroatoms. The summed E-state index contributed by atoms with van der Waals surface area (Å²) in [5, 5.41) is 10.8. The van der Waals surface area contributed by atoms with Crippen LogP contribution in [0, 0.1) is 0 Å². The normalized spacial score (nSPS) is 11.5. The molecule has 6 nitrogen and oxygen atoms in total. The molecule has 0 saturated heterocycles. The van der Waals surface area contributed by atoms with Crippen LogP contribution < -0.4 is 15.5 Å². The molecule has 0 saturated carbocycles. The Labute approximate surface area is 121 Å². The van der Waals surface area contributed by atoms with Crippen LogP contribution in [0.25, 0.3) is 10.9 Å². The van der Waals surface area contributed by atoms with Gasteiger partial charge in [0, 0.05) is 12.7 Å². The zero-order chi connectivity index (χ0) is 16.3. The van der Waals surface area contributed by atoms with E-state index in [4.69, 9.17) is 5.11 Å². The molecule has 0 atom stereocenters. The minimum atomic E-state index is -4.90. The molecule has 1 amide bonds. The van der Waals surface area contributed by atoms with Gasteiger partial charge in [-0.05, 0) is 12.1 Å². The van der Waals surface area contributed by atoms with Crippen LogP contribution in [0.3, 0.4) is 0 Å². The highest BCUT2D eigenvalue weighted by atomic mass is 19.4. The van der Waals surface area contributed by atoms with Crippen LogP contribution in [0.4, 0.5) is 13.2 Å². The number of hydrogen-bond donors (Lipinski definition) is 3. The van der Waals surface area contributed by atoms with Gasteiger partial charge in [-0.15, -0.1) is 13.2 Å². The van der Waals surface area contributed by atoms with Crippen LogP contribution >= 0.6 is 0 Å². The third-order valence-electron chi connectivity index (χ3n) is 2.74. The Morgan fingerprint density at radius 2 is 2.09 bits per heavy atom. The number of fused-ring (bicyclic) bond motifs is 1. The molecule has 1 aromatic heterocycles. The second-order valence-corrected chi connectivity index (χ2v) is 4.24. The maximum atomic E-state index is 12.3. The fourth-order valence-corrected chi connectivity index (χ4v) is 1.87. The first kappa shape index (κ1) is 15.8. The third-order valence-corrected chi connectivity index (χ3v) is 2.74. The van der Waals surface area contributed by atoms with Gasteiger partial charge in [0.15, 0.2) is 5.75 Å². The molecule has 0 spiro atoms. The Balaban J connectivity index is 2.49. The van der Waals surface area contributed by atoms with Crippen LogP contribution in [0.1, 0.15) is 10.4 Å². The Kier molecular flexibility index (Phi) is 4.36. The largest absolute Gasteiger partial charge is 0.573 e. The SMILES string of the molecule is O=C(NCCO)c1c[nH]c2c(OC(F)(F)F)cccc2c1=O. The Bertz CT molecular complexity index is 755. The molecule has 0 fully saturated rings. The molecule has 0 radical (unpaired) electrons. The van der Waals surface area contributed by atoms with Crippen molar-refractivity contribution in [2.24, 2.45) is 0 Å². The number of aliphatic hydroxyl groups is 1. The lowest BCUT2D eigenvalue weighted by Gasteiger charge is -2.11. The topological polar surface area (TPSA) is 91.4 Å². The Hall–Kier alpha value is -2.55. The number of alkyl halides is 3. The van der Waals surface area contributed by atoms with Crippen LogP contribution in [0.15, 0.2) is 29.2 Å². The van der Waals surface area contributed by atoms with Gasteiger partial charge >= 0.3 is 6.36 Å². The monoisotopic (exact) mass is 316 g/mol. The molecule has 0 aliphatic rings. The molecule has 0 aliphatic carbocycles. The average Bonchev–Trinajstić information content (AvgIpc) is 2.44. The molecule has 0 aliphatic heterocycles. The molecule has 22 heavy (non-hydrogen) atoms. The number of ether oxygens (including phenoxy) is 1. The fourth-order valence-electron chi connectivity index (χ4n) is 1.87. The Morgan fingerprint density at radius 3 is 2.73 bits per heavy atom. The summed E-state index contributed by atoms with van der Waals surface area (Å²) in [6.45, 7) is -0.353. The first-order valence-electron chi connectivity index (χ1n) is 6.12. The van der Waals surface area contributed by atoms with E-state index in [9.17, 15) is 22.8 Å². The summed E-state index contributed by atoms with van der Waals surface area (Å²) in [5.74, 6) is -1.30. The van der Waals surface area contributed by atoms with E-state index in [0.717, 1.165) is 12.3 Å². The van der Waals surface area contributed by atoms with Crippen molar-refractivity contribution in [3.63, 3.8) is 0 Å². The molecular weight excluding hydrogens is 305 g/mol. The molecule has 1 aromatic carbocycles. The van der Waals surface area contributed by atoms with Crippen LogP contribution in [0.2, 0.25) is 0 Å². The smallest absolute Gasteiger partial charge is 0.404 e. The summed E-state index contributed by atoms with van der Waals surface area (Å²) >= 11 is 0. The van der Waals surface area contributed by atoms with Crippen molar-refractivity contribution in [2.45, 2.75) is 6.36 Å². The number of benzene rings is 1. The quantitative estimate of drug-likeness (QED) is 0.789. The number of halogens is 3. The molecule has 1 heterocycles. The number of aromatic amines is 1. The van der Waals surface area contributed by atoms with E-state index in [2.05, 4.69) is 15.0 Å². The van der Waals surface area contributed by atoms with Crippen molar-refractivity contribution in [1.29, 1.82) is 0 Å². The fraction of sp³-hybridized carbons (Fsp3) is 0.231. The molecule has 3 N–H and O–H groups in total. The number of hydrogen-bond acceptors (Lipinski definition) is 4. The van der Waals surface area contributed by atoms with E-state index in [1.807, 2.05) is 0 Å². The number of rotatable bonds is 4. The second kappa shape index (κ2) is 6.06. The predicted molar refractivity (Wildman–Crippen MR) is 70.7 cm³/mol. The highest BCUT2D eigenvalue weighted by Crippen LogP contribution is 2.27. The summed E-state index contributed by atoms with van der Waals surface area (Å²) in [5.41, 5.74) is -1.18. The van der Waals surface area contributed by atoms with Gasteiger partial charge in [0.05, 0.1) is 17.5 Å². The van der Waals surface area contributed by atoms with E-state index in [-0.39, 0.29) is 29.6 Å².